The fourth-order valence-corrected chi connectivity index (χ4v) is 2.96. The Morgan fingerprint density at radius 3 is 2.42 bits per heavy atom. The van der Waals surface area contributed by atoms with E-state index in [1.807, 2.05) is 0 Å². The highest BCUT2D eigenvalue weighted by molar-refractivity contribution is 7.09. The van der Waals surface area contributed by atoms with Crippen LogP contribution in [-0.4, -0.2) is 11.5 Å². The zero-order valence-electron chi connectivity index (χ0n) is 12.2. The van der Waals surface area contributed by atoms with Crippen LogP contribution >= 0.6 is 11.3 Å². The van der Waals surface area contributed by atoms with E-state index in [9.17, 15) is 0 Å². The minimum absolute atomic E-state index is 0.387. The number of nitrogens with one attached hydrogen (secondary N) is 1. The Labute approximate surface area is 119 Å². The van der Waals surface area contributed by atoms with E-state index in [1.165, 1.54) is 22.4 Å². The molecule has 1 aromatic carbocycles. The second-order valence-corrected chi connectivity index (χ2v) is 6.27. The SMILES string of the molecule is Cc1cc(C)cc(C(C)NCCc2csc(C)n2)c1. The molecule has 1 N–H and O–H groups in total. The summed E-state index contributed by atoms with van der Waals surface area (Å²) in [5.41, 5.74) is 5.23. The van der Waals surface area contributed by atoms with Crippen molar-refractivity contribution >= 4 is 11.3 Å². The van der Waals surface area contributed by atoms with Crippen molar-refractivity contribution in [2.45, 2.75) is 40.2 Å². The molecule has 19 heavy (non-hydrogen) atoms. The number of nitrogens with zero attached hydrogens (tertiary/aromatic N) is 1. The van der Waals surface area contributed by atoms with Gasteiger partial charge in [0.15, 0.2) is 0 Å². The fourth-order valence-electron chi connectivity index (χ4n) is 2.32. The van der Waals surface area contributed by atoms with E-state index in [2.05, 4.69) is 61.6 Å². The molecule has 2 aromatic rings. The zero-order valence-corrected chi connectivity index (χ0v) is 13.0. The van der Waals surface area contributed by atoms with Gasteiger partial charge < -0.3 is 5.32 Å². The normalized spacial score (nSPS) is 12.6. The molecule has 0 bridgehead atoms. The minimum atomic E-state index is 0.387. The molecule has 2 nitrogen and oxygen atoms in total. The molecule has 0 aliphatic heterocycles. The van der Waals surface area contributed by atoms with Crippen LogP contribution in [0.5, 0.6) is 0 Å². The van der Waals surface area contributed by atoms with E-state index in [1.54, 1.807) is 11.3 Å². The van der Waals surface area contributed by atoms with Crippen LogP contribution in [0.15, 0.2) is 23.6 Å². The van der Waals surface area contributed by atoms with Gasteiger partial charge in [-0.05, 0) is 33.3 Å². The quantitative estimate of drug-likeness (QED) is 0.892. The molecular formula is C16H22N2S. The number of hydrogen-bond acceptors (Lipinski definition) is 3. The van der Waals surface area contributed by atoms with E-state index in [4.69, 9.17) is 0 Å². The van der Waals surface area contributed by atoms with Crippen molar-refractivity contribution in [3.05, 3.63) is 51.0 Å². The molecule has 102 valence electrons. The molecule has 0 fully saturated rings. The summed E-state index contributed by atoms with van der Waals surface area (Å²) in [5, 5.41) is 6.88. The maximum Gasteiger partial charge on any atom is 0.0897 e. The predicted molar refractivity (Wildman–Crippen MR) is 82.9 cm³/mol. The lowest BCUT2D eigenvalue weighted by atomic mass is 10.0. The zero-order chi connectivity index (χ0) is 13.8. The summed E-state index contributed by atoms with van der Waals surface area (Å²) in [5.74, 6) is 0. The second-order valence-electron chi connectivity index (χ2n) is 5.20. The van der Waals surface area contributed by atoms with Crippen LogP contribution in [0.3, 0.4) is 0 Å². The molecule has 0 saturated carbocycles. The maximum absolute atomic E-state index is 4.49. The third kappa shape index (κ3) is 4.15. The van der Waals surface area contributed by atoms with E-state index >= 15 is 0 Å². The van der Waals surface area contributed by atoms with Crippen molar-refractivity contribution < 1.29 is 0 Å². The third-order valence-corrected chi connectivity index (χ3v) is 4.06. The van der Waals surface area contributed by atoms with Gasteiger partial charge in [-0.15, -0.1) is 11.3 Å². The monoisotopic (exact) mass is 274 g/mol. The molecule has 1 atom stereocenters. The van der Waals surface area contributed by atoms with Gasteiger partial charge in [0.05, 0.1) is 10.7 Å². The number of rotatable bonds is 5. The number of aryl methyl sites for hydroxylation is 3. The molecule has 0 amide bonds. The molecule has 0 saturated heterocycles. The molecule has 1 heterocycles. The second kappa shape index (κ2) is 6.31. The first-order valence-corrected chi connectivity index (χ1v) is 7.65. The van der Waals surface area contributed by atoms with Crippen LogP contribution in [0.4, 0.5) is 0 Å². The Hall–Kier alpha value is -1.19. The first kappa shape index (κ1) is 14.2. The van der Waals surface area contributed by atoms with Gasteiger partial charge in [-0.25, -0.2) is 4.98 Å². The summed E-state index contributed by atoms with van der Waals surface area (Å²) in [6.45, 7) is 9.56. The van der Waals surface area contributed by atoms with Crippen LogP contribution in [0.25, 0.3) is 0 Å². The lowest BCUT2D eigenvalue weighted by Crippen LogP contribution is -2.21. The fraction of sp³-hybridized carbons (Fsp3) is 0.438. The first-order valence-electron chi connectivity index (χ1n) is 6.77. The highest BCUT2D eigenvalue weighted by Crippen LogP contribution is 2.16. The Bertz CT molecular complexity index is 525. The van der Waals surface area contributed by atoms with E-state index < -0.39 is 0 Å². The number of aromatic nitrogens is 1. The molecule has 1 unspecified atom stereocenters. The highest BCUT2D eigenvalue weighted by atomic mass is 32.1. The lowest BCUT2D eigenvalue weighted by molar-refractivity contribution is 0.574. The molecule has 0 aliphatic rings. The Morgan fingerprint density at radius 1 is 1.16 bits per heavy atom. The smallest absolute Gasteiger partial charge is 0.0897 e. The third-order valence-electron chi connectivity index (χ3n) is 3.24. The van der Waals surface area contributed by atoms with Crippen molar-refractivity contribution in [2.75, 3.05) is 6.54 Å². The first-order chi connectivity index (χ1) is 9.04. The van der Waals surface area contributed by atoms with Crippen molar-refractivity contribution in [1.82, 2.24) is 10.3 Å². The van der Waals surface area contributed by atoms with Crippen LogP contribution in [0.2, 0.25) is 0 Å². The predicted octanol–water partition coefficient (Wildman–Crippen LogP) is 3.96. The Kier molecular flexibility index (Phi) is 4.72. The summed E-state index contributed by atoms with van der Waals surface area (Å²) >= 11 is 1.72. The summed E-state index contributed by atoms with van der Waals surface area (Å²) < 4.78 is 0. The molecule has 3 heteroatoms. The van der Waals surface area contributed by atoms with Crippen LogP contribution in [0.1, 0.15) is 40.4 Å². The standard InChI is InChI=1S/C16H22N2S/c1-11-7-12(2)9-15(8-11)13(3)17-6-5-16-10-19-14(4)18-16/h7-10,13,17H,5-6H2,1-4H3. The van der Waals surface area contributed by atoms with Gasteiger partial charge in [0, 0.05) is 24.4 Å². The van der Waals surface area contributed by atoms with Gasteiger partial charge in [0.1, 0.15) is 0 Å². The van der Waals surface area contributed by atoms with Crippen molar-refractivity contribution in [2.24, 2.45) is 0 Å². The minimum Gasteiger partial charge on any atom is -0.310 e. The topological polar surface area (TPSA) is 24.9 Å². The molecule has 2 rings (SSSR count). The van der Waals surface area contributed by atoms with Gasteiger partial charge in [-0.1, -0.05) is 29.3 Å². The average molecular weight is 274 g/mol. The van der Waals surface area contributed by atoms with Gasteiger partial charge in [-0.3, -0.25) is 0 Å². The average Bonchev–Trinajstić information content (AvgIpc) is 2.73. The highest BCUT2D eigenvalue weighted by Gasteiger charge is 2.06. The molecule has 0 aliphatic carbocycles. The largest absolute Gasteiger partial charge is 0.310 e. The molecule has 1 aromatic heterocycles. The van der Waals surface area contributed by atoms with Crippen molar-refractivity contribution in [3.63, 3.8) is 0 Å². The number of hydrogen-bond donors (Lipinski definition) is 1. The number of thiazole rings is 1. The van der Waals surface area contributed by atoms with Gasteiger partial charge in [0.25, 0.3) is 0 Å². The van der Waals surface area contributed by atoms with E-state index in [-0.39, 0.29) is 0 Å². The summed E-state index contributed by atoms with van der Waals surface area (Å²) in [6, 6.07) is 7.13. The maximum atomic E-state index is 4.49. The van der Waals surface area contributed by atoms with Gasteiger partial charge in [-0.2, -0.15) is 0 Å². The molecular weight excluding hydrogens is 252 g/mol. The lowest BCUT2D eigenvalue weighted by Gasteiger charge is -2.15. The molecule has 0 radical (unpaired) electrons. The Balaban J connectivity index is 1.88. The van der Waals surface area contributed by atoms with Gasteiger partial charge >= 0.3 is 0 Å². The summed E-state index contributed by atoms with van der Waals surface area (Å²) in [4.78, 5) is 4.49. The summed E-state index contributed by atoms with van der Waals surface area (Å²) in [6.07, 6.45) is 0.999. The van der Waals surface area contributed by atoms with Crippen molar-refractivity contribution in [1.29, 1.82) is 0 Å². The van der Waals surface area contributed by atoms with Gasteiger partial charge in [0.2, 0.25) is 0 Å². The summed E-state index contributed by atoms with van der Waals surface area (Å²) in [7, 11) is 0. The Morgan fingerprint density at radius 2 is 1.84 bits per heavy atom. The van der Waals surface area contributed by atoms with Crippen molar-refractivity contribution in [3.8, 4) is 0 Å². The van der Waals surface area contributed by atoms with E-state index in [0.717, 1.165) is 18.0 Å². The van der Waals surface area contributed by atoms with Crippen LogP contribution < -0.4 is 5.32 Å². The number of benzene rings is 1. The van der Waals surface area contributed by atoms with Crippen LogP contribution in [-0.2, 0) is 6.42 Å². The van der Waals surface area contributed by atoms with Crippen LogP contribution in [0, 0.1) is 20.8 Å². The van der Waals surface area contributed by atoms with E-state index in [0.29, 0.717) is 6.04 Å². The molecule has 0 spiro atoms.